The maximum atomic E-state index is 12.5. The van der Waals surface area contributed by atoms with Gasteiger partial charge in [0.05, 0.1) is 5.92 Å². The Hall–Kier alpha value is -1.06. The van der Waals surface area contributed by atoms with E-state index in [-0.39, 0.29) is 18.3 Å². The number of amides is 1. The Labute approximate surface area is 133 Å². The van der Waals surface area contributed by atoms with Gasteiger partial charge in [-0.2, -0.15) is 0 Å². The van der Waals surface area contributed by atoms with E-state index in [0.29, 0.717) is 17.9 Å². The molecule has 116 valence electrons. The molecule has 3 unspecified atom stereocenters. The molecule has 21 heavy (non-hydrogen) atoms. The molecule has 4 heteroatoms. The van der Waals surface area contributed by atoms with Crippen molar-refractivity contribution in [3.63, 3.8) is 0 Å². The molecule has 1 N–H and O–H groups in total. The van der Waals surface area contributed by atoms with Crippen molar-refractivity contribution in [3.8, 4) is 0 Å². The molecule has 2 aliphatic heterocycles. The average Bonchev–Trinajstić information content (AvgIpc) is 3.11. The molecule has 0 aromatic heterocycles. The van der Waals surface area contributed by atoms with Crippen molar-refractivity contribution in [2.75, 3.05) is 19.6 Å². The molecule has 0 spiro atoms. The van der Waals surface area contributed by atoms with Gasteiger partial charge in [0, 0.05) is 19.1 Å². The molecule has 1 aromatic carbocycles. The zero-order valence-corrected chi connectivity index (χ0v) is 13.4. The average molecular weight is 309 g/mol. The summed E-state index contributed by atoms with van der Waals surface area (Å²) in [5, 5.41) is 3.30. The third kappa shape index (κ3) is 3.58. The highest BCUT2D eigenvalue weighted by atomic mass is 35.5. The second-order valence-corrected chi connectivity index (χ2v) is 6.20. The van der Waals surface area contributed by atoms with Gasteiger partial charge in [-0.25, -0.2) is 0 Å². The SMILES string of the molecule is CC1C(Cc2ccccc2)CCN1C(=O)C1CCNC1.Cl. The van der Waals surface area contributed by atoms with E-state index in [4.69, 9.17) is 0 Å². The number of nitrogens with one attached hydrogen (secondary N) is 1. The number of carbonyl (C=O) groups is 1. The zero-order chi connectivity index (χ0) is 13.9. The van der Waals surface area contributed by atoms with Gasteiger partial charge in [-0.05, 0) is 44.2 Å². The van der Waals surface area contributed by atoms with Crippen molar-refractivity contribution < 1.29 is 4.79 Å². The smallest absolute Gasteiger partial charge is 0.227 e. The lowest BCUT2D eigenvalue weighted by molar-refractivity contribution is -0.135. The first kappa shape index (κ1) is 16.3. The molecule has 2 heterocycles. The normalized spacial score (nSPS) is 28.4. The van der Waals surface area contributed by atoms with Crippen LogP contribution in [0, 0.1) is 11.8 Å². The molecule has 3 rings (SSSR count). The topological polar surface area (TPSA) is 32.3 Å². The number of benzene rings is 1. The van der Waals surface area contributed by atoms with Crippen LogP contribution in [0.5, 0.6) is 0 Å². The highest BCUT2D eigenvalue weighted by Gasteiger charge is 2.37. The number of halogens is 1. The molecule has 2 fully saturated rings. The number of hydrogen-bond donors (Lipinski definition) is 1. The molecular weight excluding hydrogens is 284 g/mol. The van der Waals surface area contributed by atoms with E-state index < -0.39 is 0 Å². The van der Waals surface area contributed by atoms with Gasteiger partial charge in [0.25, 0.3) is 0 Å². The van der Waals surface area contributed by atoms with Crippen LogP contribution in [0.3, 0.4) is 0 Å². The maximum absolute atomic E-state index is 12.5. The predicted molar refractivity (Wildman–Crippen MR) is 87.7 cm³/mol. The molecular formula is C17H25ClN2O. The van der Waals surface area contributed by atoms with E-state index in [1.807, 2.05) is 0 Å². The van der Waals surface area contributed by atoms with Crippen LogP contribution in [0.15, 0.2) is 30.3 Å². The van der Waals surface area contributed by atoms with Gasteiger partial charge in [0.1, 0.15) is 0 Å². The summed E-state index contributed by atoms with van der Waals surface area (Å²) in [6.45, 7) is 5.02. The van der Waals surface area contributed by atoms with Crippen molar-refractivity contribution in [1.82, 2.24) is 10.2 Å². The van der Waals surface area contributed by atoms with Gasteiger partial charge < -0.3 is 10.2 Å². The van der Waals surface area contributed by atoms with Gasteiger partial charge >= 0.3 is 0 Å². The quantitative estimate of drug-likeness (QED) is 0.930. The minimum atomic E-state index is 0. The summed E-state index contributed by atoms with van der Waals surface area (Å²) < 4.78 is 0. The predicted octanol–water partition coefficient (Wildman–Crippen LogP) is 2.50. The molecule has 0 bridgehead atoms. The summed E-state index contributed by atoms with van der Waals surface area (Å²) in [4.78, 5) is 14.7. The Bertz CT molecular complexity index is 459. The van der Waals surface area contributed by atoms with Crippen molar-refractivity contribution in [2.45, 2.75) is 32.2 Å². The van der Waals surface area contributed by atoms with Crippen LogP contribution >= 0.6 is 12.4 Å². The van der Waals surface area contributed by atoms with Crippen LogP contribution in [0.25, 0.3) is 0 Å². The summed E-state index contributed by atoms with van der Waals surface area (Å²) in [7, 11) is 0. The Morgan fingerprint density at radius 3 is 2.71 bits per heavy atom. The van der Waals surface area contributed by atoms with E-state index in [1.54, 1.807) is 0 Å². The first-order chi connectivity index (χ1) is 9.75. The van der Waals surface area contributed by atoms with Crippen molar-refractivity contribution in [1.29, 1.82) is 0 Å². The minimum Gasteiger partial charge on any atom is -0.339 e. The Morgan fingerprint density at radius 1 is 1.29 bits per heavy atom. The van der Waals surface area contributed by atoms with Crippen molar-refractivity contribution in [3.05, 3.63) is 35.9 Å². The van der Waals surface area contributed by atoms with E-state index in [2.05, 4.69) is 47.5 Å². The fraction of sp³-hybridized carbons (Fsp3) is 0.588. The van der Waals surface area contributed by atoms with Gasteiger partial charge in [0.2, 0.25) is 5.91 Å². The number of likely N-dealkylation sites (tertiary alicyclic amines) is 1. The van der Waals surface area contributed by atoms with Crippen molar-refractivity contribution >= 4 is 18.3 Å². The van der Waals surface area contributed by atoms with Gasteiger partial charge in [-0.1, -0.05) is 30.3 Å². The molecule has 0 saturated carbocycles. The fourth-order valence-electron chi connectivity index (χ4n) is 3.60. The number of carbonyl (C=O) groups excluding carboxylic acids is 1. The Morgan fingerprint density at radius 2 is 2.05 bits per heavy atom. The van der Waals surface area contributed by atoms with Gasteiger partial charge in [-0.15, -0.1) is 12.4 Å². The van der Waals surface area contributed by atoms with Gasteiger partial charge in [0.15, 0.2) is 0 Å². The molecule has 3 nitrogen and oxygen atoms in total. The number of nitrogens with zero attached hydrogens (tertiary/aromatic N) is 1. The van der Waals surface area contributed by atoms with Crippen molar-refractivity contribution in [2.24, 2.45) is 11.8 Å². The Balaban J connectivity index is 0.00000161. The van der Waals surface area contributed by atoms with E-state index in [0.717, 1.165) is 38.9 Å². The molecule has 1 aromatic rings. The summed E-state index contributed by atoms with van der Waals surface area (Å²) in [5.41, 5.74) is 1.39. The maximum Gasteiger partial charge on any atom is 0.227 e. The van der Waals surface area contributed by atoms with Crippen LogP contribution < -0.4 is 5.32 Å². The van der Waals surface area contributed by atoms with Crippen LogP contribution in [0.1, 0.15) is 25.3 Å². The largest absolute Gasteiger partial charge is 0.339 e. The first-order valence-corrected chi connectivity index (χ1v) is 7.81. The summed E-state index contributed by atoms with van der Waals surface area (Å²) in [6, 6.07) is 11.0. The monoisotopic (exact) mass is 308 g/mol. The van der Waals surface area contributed by atoms with E-state index >= 15 is 0 Å². The lowest BCUT2D eigenvalue weighted by Gasteiger charge is -2.27. The third-order valence-corrected chi connectivity index (χ3v) is 4.95. The molecule has 1 amide bonds. The highest BCUT2D eigenvalue weighted by Crippen LogP contribution is 2.29. The van der Waals surface area contributed by atoms with Crippen LogP contribution in [-0.4, -0.2) is 36.5 Å². The second kappa shape index (κ2) is 7.28. The lowest BCUT2D eigenvalue weighted by atomic mass is 9.93. The second-order valence-electron chi connectivity index (χ2n) is 6.20. The van der Waals surface area contributed by atoms with Crippen LogP contribution in [0.2, 0.25) is 0 Å². The Kier molecular flexibility index (Phi) is 5.65. The number of hydrogen-bond acceptors (Lipinski definition) is 2. The number of rotatable bonds is 3. The van der Waals surface area contributed by atoms with Gasteiger partial charge in [-0.3, -0.25) is 4.79 Å². The molecule has 0 aliphatic carbocycles. The zero-order valence-electron chi connectivity index (χ0n) is 12.6. The summed E-state index contributed by atoms with van der Waals surface area (Å²) in [5.74, 6) is 1.20. The summed E-state index contributed by atoms with van der Waals surface area (Å²) in [6.07, 6.45) is 3.24. The molecule has 0 radical (unpaired) electrons. The molecule has 3 atom stereocenters. The van der Waals surface area contributed by atoms with E-state index in [9.17, 15) is 4.79 Å². The van der Waals surface area contributed by atoms with E-state index in [1.165, 1.54) is 5.56 Å². The molecule has 2 aliphatic rings. The third-order valence-electron chi connectivity index (χ3n) is 4.95. The van der Waals surface area contributed by atoms with Crippen LogP contribution in [0.4, 0.5) is 0 Å². The lowest BCUT2D eigenvalue weighted by Crippen LogP contribution is -2.40. The standard InChI is InChI=1S/C17H24N2O.ClH/c1-13-15(11-14-5-3-2-4-6-14)8-10-19(13)17(20)16-7-9-18-12-16;/h2-6,13,15-16,18H,7-12H2,1H3;1H. The first-order valence-electron chi connectivity index (χ1n) is 7.81. The van der Waals surface area contributed by atoms with Crippen LogP contribution in [-0.2, 0) is 11.2 Å². The molecule has 2 saturated heterocycles. The fourth-order valence-corrected chi connectivity index (χ4v) is 3.60. The minimum absolute atomic E-state index is 0. The summed E-state index contributed by atoms with van der Waals surface area (Å²) >= 11 is 0. The highest BCUT2D eigenvalue weighted by molar-refractivity contribution is 5.85.